The van der Waals surface area contributed by atoms with Gasteiger partial charge in [-0.2, -0.15) is 0 Å². The van der Waals surface area contributed by atoms with Crippen LogP contribution in [0.5, 0.6) is 0 Å². The summed E-state index contributed by atoms with van der Waals surface area (Å²) in [5.41, 5.74) is 4.02. The third kappa shape index (κ3) is 4.33. The lowest BCUT2D eigenvalue weighted by molar-refractivity contribution is 0.224. The maximum Gasteiger partial charge on any atom is 0.315 e. The van der Waals surface area contributed by atoms with E-state index in [4.69, 9.17) is 0 Å². The molecule has 28 heavy (non-hydrogen) atoms. The van der Waals surface area contributed by atoms with Crippen molar-refractivity contribution in [2.75, 3.05) is 0 Å². The standard InChI is InChI=1S/C24H29BrN2O/c1-16(2)18-7-6-8-20(15-18)23(4,5)27-22(28)26-17(3)24(13-14-24)19-9-11-21(25)12-10-19/h6-12,15,17H,1,13-14H2,2-5H3,(H2,26,27,28). The van der Waals surface area contributed by atoms with Crippen molar-refractivity contribution in [2.24, 2.45) is 0 Å². The number of carbonyl (C=O) groups excluding carboxylic acids is 1. The van der Waals surface area contributed by atoms with Crippen LogP contribution in [-0.2, 0) is 11.0 Å². The van der Waals surface area contributed by atoms with Gasteiger partial charge in [0.2, 0.25) is 0 Å². The van der Waals surface area contributed by atoms with Crippen molar-refractivity contribution in [1.82, 2.24) is 10.6 Å². The number of amides is 2. The minimum absolute atomic E-state index is 0.0437. The normalized spacial score (nSPS) is 16.2. The lowest BCUT2D eigenvalue weighted by Crippen LogP contribution is -2.51. The molecule has 1 fully saturated rings. The van der Waals surface area contributed by atoms with E-state index < -0.39 is 5.54 Å². The van der Waals surface area contributed by atoms with Gasteiger partial charge in [0.05, 0.1) is 5.54 Å². The monoisotopic (exact) mass is 440 g/mol. The molecular formula is C24H29BrN2O. The molecule has 0 bridgehead atoms. The van der Waals surface area contributed by atoms with E-state index in [2.05, 4.69) is 70.4 Å². The number of hydrogen-bond donors (Lipinski definition) is 2. The Kier molecular flexibility index (Phi) is 5.72. The fraction of sp³-hybridized carbons (Fsp3) is 0.375. The molecule has 1 atom stereocenters. The Labute approximate surface area is 176 Å². The van der Waals surface area contributed by atoms with Crippen LogP contribution in [0.25, 0.3) is 5.57 Å². The third-order valence-corrected chi connectivity index (χ3v) is 6.42. The van der Waals surface area contributed by atoms with Crippen molar-refractivity contribution in [2.45, 2.75) is 57.5 Å². The van der Waals surface area contributed by atoms with Crippen LogP contribution in [0.2, 0.25) is 0 Å². The highest BCUT2D eigenvalue weighted by Crippen LogP contribution is 2.51. The number of benzene rings is 2. The number of halogens is 1. The maximum absolute atomic E-state index is 12.8. The van der Waals surface area contributed by atoms with Crippen molar-refractivity contribution in [3.8, 4) is 0 Å². The molecule has 2 aromatic rings. The summed E-state index contributed by atoms with van der Waals surface area (Å²) >= 11 is 3.49. The Balaban J connectivity index is 1.68. The van der Waals surface area contributed by atoms with Gasteiger partial charge in [0.25, 0.3) is 0 Å². The van der Waals surface area contributed by atoms with Crippen LogP contribution in [0.15, 0.2) is 59.6 Å². The molecule has 148 valence electrons. The van der Waals surface area contributed by atoms with Crippen molar-refractivity contribution >= 4 is 27.5 Å². The molecule has 3 rings (SSSR count). The van der Waals surface area contributed by atoms with Crippen LogP contribution < -0.4 is 10.6 Å². The van der Waals surface area contributed by atoms with E-state index in [9.17, 15) is 4.79 Å². The van der Waals surface area contributed by atoms with Gasteiger partial charge in [-0.25, -0.2) is 4.79 Å². The minimum atomic E-state index is -0.483. The summed E-state index contributed by atoms with van der Waals surface area (Å²) in [4.78, 5) is 12.8. The Hall–Kier alpha value is -2.07. The molecule has 1 unspecified atom stereocenters. The van der Waals surface area contributed by atoms with Gasteiger partial charge in [-0.05, 0) is 75.4 Å². The van der Waals surface area contributed by atoms with Crippen molar-refractivity contribution in [1.29, 1.82) is 0 Å². The molecule has 2 N–H and O–H groups in total. The van der Waals surface area contributed by atoms with E-state index in [-0.39, 0.29) is 17.5 Å². The Bertz CT molecular complexity index is 882. The topological polar surface area (TPSA) is 41.1 Å². The second-order valence-corrected chi connectivity index (χ2v) is 9.38. The first-order valence-electron chi connectivity index (χ1n) is 9.75. The Morgan fingerprint density at radius 1 is 1.18 bits per heavy atom. The second kappa shape index (κ2) is 7.75. The van der Waals surface area contributed by atoms with E-state index >= 15 is 0 Å². The molecule has 0 aromatic heterocycles. The highest BCUT2D eigenvalue weighted by Gasteiger charge is 2.49. The molecule has 2 amide bonds. The molecule has 4 heteroatoms. The molecule has 1 aliphatic carbocycles. The predicted molar refractivity (Wildman–Crippen MR) is 120 cm³/mol. The maximum atomic E-state index is 12.8. The summed E-state index contributed by atoms with van der Waals surface area (Å²) in [5.74, 6) is 0. The number of carbonyl (C=O) groups is 1. The SMILES string of the molecule is C=C(C)c1cccc(C(C)(C)NC(=O)NC(C)C2(c3ccc(Br)cc3)CC2)c1. The Morgan fingerprint density at radius 2 is 1.82 bits per heavy atom. The zero-order valence-corrected chi connectivity index (χ0v) is 18.7. The lowest BCUT2D eigenvalue weighted by atomic mass is 9.89. The minimum Gasteiger partial charge on any atom is -0.335 e. The molecule has 2 aromatic carbocycles. The van der Waals surface area contributed by atoms with Gasteiger partial charge < -0.3 is 10.6 Å². The molecule has 1 saturated carbocycles. The number of nitrogens with one attached hydrogen (secondary N) is 2. The summed E-state index contributed by atoms with van der Waals surface area (Å²) < 4.78 is 1.07. The molecule has 3 nitrogen and oxygen atoms in total. The second-order valence-electron chi connectivity index (χ2n) is 8.47. The zero-order chi connectivity index (χ0) is 20.5. The first-order chi connectivity index (χ1) is 13.1. The van der Waals surface area contributed by atoms with Gasteiger partial charge in [-0.1, -0.05) is 58.4 Å². The van der Waals surface area contributed by atoms with Crippen molar-refractivity contribution in [3.63, 3.8) is 0 Å². The van der Waals surface area contributed by atoms with Gasteiger partial charge in [-0.3, -0.25) is 0 Å². The lowest BCUT2D eigenvalue weighted by Gasteiger charge is -2.31. The highest BCUT2D eigenvalue weighted by molar-refractivity contribution is 9.10. The molecule has 0 aliphatic heterocycles. The van der Waals surface area contributed by atoms with Crippen LogP contribution in [0.1, 0.15) is 57.2 Å². The van der Waals surface area contributed by atoms with Crippen LogP contribution >= 0.6 is 15.9 Å². The largest absolute Gasteiger partial charge is 0.335 e. The highest BCUT2D eigenvalue weighted by atomic mass is 79.9. The fourth-order valence-electron chi connectivity index (χ4n) is 3.79. The molecule has 0 heterocycles. The quantitative estimate of drug-likeness (QED) is 0.556. The summed E-state index contributed by atoms with van der Waals surface area (Å²) in [6.07, 6.45) is 2.19. The Morgan fingerprint density at radius 3 is 2.39 bits per heavy atom. The van der Waals surface area contributed by atoms with Gasteiger partial charge in [0.1, 0.15) is 0 Å². The molecule has 0 radical (unpaired) electrons. The summed E-state index contributed by atoms with van der Waals surface area (Å²) in [6, 6.07) is 16.6. The molecule has 1 aliphatic rings. The average molecular weight is 441 g/mol. The van der Waals surface area contributed by atoms with Crippen molar-refractivity contribution < 1.29 is 4.79 Å². The first kappa shape index (κ1) is 20.7. The third-order valence-electron chi connectivity index (χ3n) is 5.89. The van der Waals surface area contributed by atoms with Crippen LogP contribution in [0.4, 0.5) is 4.79 Å². The van der Waals surface area contributed by atoms with Gasteiger partial charge in [-0.15, -0.1) is 0 Å². The van der Waals surface area contributed by atoms with E-state index in [1.54, 1.807) is 0 Å². The summed E-state index contributed by atoms with van der Waals surface area (Å²) in [6.45, 7) is 12.2. The van der Waals surface area contributed by atoms with Gasteiger partial charge >= 0.3 is 6.03 Å². The molecular weight excluding hydrogens is 412 g/mol. The van der Waals surface area contributed by atoms with Gasteiger partial charge in [0, 0.05) is 15.9 Å². The van der Waals surface area contributed by atoms with Gasteiger partial charge in [0.15, 0.2) is 0 Å². The smallest absolute Gasteiger partial charge is 0.315 e. The molecule has 0 saturated heterocycles. The van der Waals surface area contributed by atoms with E-state index in [0.29, 0.717) is 0 Å². The fourth-order valence-corrected chi connectivity index (χ4v) is 4.05. The van der Waals surface area contributed by atoms with E-state index in [0.717, 1.165) is 34.0 Å². The first-order valence-corrected chi connectivity index (χ1v) is 10.5. The van der Waals surface area contributed by atoms with Crippen LogP contribution in [0, 0.1) is 0 Å². The van der Waals surface area contributed by atoms with Crippen LogP contribution in [0.3, 0.4) is 0 Å². The van der Waals surface area contributed by atoms with Crippen molar-refractivity contribution in [3.05, 3.63) is 76.3 Å². The zero-order valence-electron chi connectivity index (χ0n) is 17.1. The van der Waals surface area contributed by atoms with Crippen LogP contribution in [-0.4, -0.2) is 12.1 Å². The van der Waals surface area contributed by atoms with E-state index in [1.165, 1.54) is 5.56 Å². The predicted octanol–water partition coefficient (Wildman–Crippen LogP) is 6.14. The molecule has 0 spiro atoms. The van der Waals surface area contributed by atoms with E-state index in [1.807, 2.05) is 39.0 Å². The number of allylic oxidation sites excluding steroid dienone is 1. The number of hydrogen-bond acceptors (Lipinski definition) is 1. The summed E-state index contributed by atoms with van der Waals surface area (Å²) in [7, 11) is 0. The summed E-state index contributed by atoms with van der Waals surface area (Å²) in [5, 5.41) is 6.32. The number of urea groups is 1. The number of rotatable bonds is 6. The average Bonchev–Trinajstić information content (AvgIpc) is 3.44.